The summed E-state index contributed by atoms with van der Waals surface area (Å²) in [4.78, 5) is 14.6. The molecule has 0 saturated heterocycles. The van der Waals surface area contributed by atoms with Crippen LogP contribution in [0.15, 0.2) is 71.6 Å². The summed E-state index contributed by atoms with van der Waals surface area (Å²) in [6, 6.07) is 15.9. The van der Waals surface area contributed by atoms with Crippen molar-refractivity contribution in [3.63, 3.8) is 0 Å². The van der Waals surface area contributed by atoms with E-state index in [9.17, 15) is 17.6 Å². The molecule has 1 aliphatic heterocycles. The highest BCUT2D eigenvalue weighted by Gasteiger charge is 2.42. The summed E-state index contributed by atoms with van der Waals surface area (Å²) in [5.41, 5.74) is 1.68. The second-order valence-corrected chi connectivity index (χ2v) is 8.83. The molecule has 5 nitrogen and oxygen atoms in total. The molecule has 0 aliphatic carbocycles. The molecular formula is C21H16ClFN2O3S. The molecule has 0 saturated carbocycles. The third-order valence-corrected chi connectivity index (χ3v) is 6.85. The highest BCUT2D eigenvalue weighted by atomic mass is 35.5. The predicted molar refractivity (Wildman–Crippen MR) is 110 cm³/mol. The molecule has 3 aromatic carbocycles. The number of amides is 2. The molecule has 0 aromatic heterocycles. The number of rotatable bonds is 3. The quantitative estimate of drug-likeness (QED) is 0.579. The van der Waals surface area contributed by atoms with Crippen molar-refractivity contribution >= 4 is 39.0 Å². The van der Waals surface area contributed by atoms with Gasteiger partial charge in [-0.05, 0) is 54.4 Å². The maximum atomic E-state index is 13.6. The molecule has 2 amide bonds. The number of urea groups is 1. The molecule has 0 radical (unpaired) electrons. The Balaban J connectivity index is 1.88. The minimum atomic E-state index is -4.14. The molecule has 29 heavy (non-hydrogen) atoms. The van der Waals surface area contributed by atoms with Crippen molar-refractivity contribution < 1.29 is 17.6 Å². The zero-order valence-corrected chi connectivity index (χ0v) is 16.9. The van der Waals surface area contributed by atoms with Crippen LogP contribution in [0.2, 0.25) is 5.02 Å². The molecule has 0 fully saturated rings. The maximum Gasteiger partial charge on any atom is 0.343 e. The molecule has 0 bridgehead atoms. The van der Waals surface area contributed by atoms with Crippen molar-refractivity contribution in [2.75, 3.05) is 9.21 Å². The van der Waals surface area contributed by atoms with Crippen molar-refractivity contribution in [1.29, 1.82) is 0 Å². The zero-order valence-electron chi connectivity index (χ0n) is 15.3. The molecule has 0 N–H and O–H groups in total. The lowest BCUT2D eigenvalue weighted by Gasteiger charge is -2.36. The number of fused-ring (bicyclic) bond motifs is 1. The van der Waals surface area contributed by atoms with E-state index in [-0.39, 0.29) is 22.8 Å². The predicted octanol–water partition coefficient (Wildman–Crippen LogP) is 5.12. The van der Waals surface area contributed by atoms with E-state index in [1.807, 2.05) is 0 Å². The van der Waals surface area contributed by atoms with E-state index in [1.54, 1.807) is 43.3 Å². The lowest BCUT2D eigenvalue weighted by atomic mass is 10.2. The van der Waals surface area contributed by atoms with Gasteiger partial charge in [0.1, 0.15) is 10.7 Å². The van der Waals surface area contributed by atoms with Crippen molar-refractivity contribution in [2.45, 2.75) is 18.4 Å². The minimum absolute atomic E-state index is 0.00676. The summed E-state index contributed by atoms with van der Waals surface area (Å²) in [6.07, 6.45) is 0. The Morgan fingerprint density at radius 1 is 1.00 bits per heavy atom. The fourth-order valence-corrected chi connectivity index (χ4v) is 5.00. The summed E-state index contributed by atoms with van der Waals surface area (Å²) < 4.78 is 40.9. The van der Waals surface area contributed by atoms with Crippen LogP contribution in [0.4, 0.5) is 20.6 Å². The Morgan fingerprint density at radius 2 is 1.76 bits per heavy atom. The fraction of sp³-hybridized carbons (Fsp3) is 0.0952. The number of carbonyl (C=O) groups is 1. The largest absolute Gasteiger partial charge is 0.343 e. The van der Waals surface area contributed by atoms with Crippen molar-refractivity contribution in [1.82, 2.24) is 0 Å². The highest BCUT2D eigenvalue weighted by Crippen LogP contribution is 2.38. The number of halogens is 2. The first-order chi connectivity index (χ1) is 13.8. The van der Waals surface area contributed by atoms with Gasteiger partial charge in [-0.2, -0.15) is 4.31 Å². The van der Waals surface area contributed by atoms with E-state index in [0.29, 0.717) is 10.6 Å². The molecule has 3 aromatic rings. The van der Waals surface area contributed by atoms with Gasteiger partial charge in [0.2, 0.25) is 0 Å². The van der Waals surface area contributed by atoms with Gasteiger partial charge in [0.15, 0.2) is 0 Å². The smallest absolute Gasteiger partial charge is 0.287 e. The van der Waals surface area contributed by atoms with Crippen LogP contribution in [0.3, 0.4) is 0 Å². The first kappa shape index (κ1) is 19.4. The topological polar surface area (TPSA) is 57.7 Å². The van der Waals surface area contributed by atoms with Crippen LogP contribution in [0, 0.1) is 12.7 Å². The molecule has 0 spiro atoms. The highest BCUT2D eigenvalue weighted by molar-refractivity contribution is 7.94. The van der Waals surface area contributed by atoms with E-state index in [0.717, 1.165) is 9.87 Å². The second kappa shape index (κ2) is 7.17. The maximum absolute atomic E-state index is 13.6. The van der Waals surface area contributed by atoms with Gasteiger partial charge >= 0.3 is 6.03 Å². The van der Waals surface area contributed by atoms with Gasteiger partial charge in [-0.25, -0.2) is 17.6 Å². The van der Waals surface area contributed by atoms with E-state index in [2.05, 4.69) is 0 Å². The fourth-order valence-electron chi connectivity index (χ4n) is 3.24. The first-order valence-electron chi connectivity index (χ1n) is 8.75. The van der Waals surface area contributed by atoms with Gasteiger partial charge in [-0.3, -0.25) is 4.90 Å². The number of nitrogens with zero attached hydrogens (tertiary/aromatic N) is 2. The molecule has 1 heterocycles. The first-order valence-corrected chi connectivity index (χ1v) is 10.6. The number of sulfonamides is 1. The molecule has 148 valence electrons. The monoisotopic (exact) mass is 430 g/mol. The number of carbonyl (C=O) groups excluding carboxylic acids is 1. The number of benzene rings is 3. The van der Waals surface area contributed by atoms with Crippen LogP contribution >= 0.6 is 11.6 Å². The lowest BCUT2D eigenvalue weighted by Crippen LogP contribution is -2.50. The minimum Gasteiger partial charge on any atom is -0.287 e. The van der Waals surface area contributed by atoms with Crippen LogP contribution in [0.5, 0.6) is 0 Å². The molecule has 0 atom stereocenters. The summed E-state index contributed by atoms with van der Waals surface area (Å²) in [6.45, 7) is 1.80. The van der Waals surface area contributed by atoms with E-state index >= 15 is 0 Å². The normalized spacial score (nSPS) is 15.3. The Hall–Kier alpha value is -2.90. The number of aryl methyl sites for hydroxylation is 1. The molecular weight excluding hydrogens is 415 g/mol. The zero-order chi connectivity index (χ0) is 20.8. The standard InChI is InChI=1S/C21H16ClFN2O3S/c1-14-9-10-17(12-18(14)22)25-21(26)24(13-15-5-4-6-16(23)11-15)19-7-2-3-8-20(19)29(25,27)28/h2-12H,13H2,1H3. The van der Waals surface area contributed by atoms with Gasteiger partial charge in [0.25, 0.3) is 10.0 Å². The van der Waals surface area contributed by atoms with Crippen LogP contribution in [-0.4, -0.2) is 14.4 Å². The van der Waals surface area contributed by atoms with Crippen LogP contribution < -0.4 is 9.21 Å². The van der Waals surface area contributed by atoms with Crippen molar-refractivity contribution in [3.8, 4) is 0 Å². The third-order valence-electron chi connectivity index (χ3n) is 4.70. The molecule has 1 aliphatic rings. The average molecular weight is 431 g/mol. The lowest BCUT2D eigenvalue weighted by molar-refractivity contribution is 0.253. The van der Waals surface area contributed by atoms with Gasteiger partial charge < -0.3 is 0 Å². The summed E-state index contributed by atoms with van der Waals surface area (Å²) >= 11 is 6.17. The van der Waals surface area contributed by atoms with Gasteiger partial charge in [0, 0.05) is 5.02 Å². The van der Waals surface area contributed by atoms with Crippen molar-refractivity contribution in [2.24, 2.45) is 0 Å². The molecule has 8 heteroatoms. The average Bonchev–Trinajstić information content (AvgIpc) is 2.68. The van der Waals surface area contributed by atoms with Crippen LogP contribution in [0.25, 0.3) is 0 Å². The van der Waals surface area contributed by atoms with Gasteiger partial charge in [0.05, 0.1) is 17.9 Å². The van der Waals surface area contributed by atoms with E-state index in [1.165, 1.54) is 35.2 Å². The van der Waals surface area contributed by atoms with Crippen molar-refractivity contribution in [3.05, 3.63) is 88.7 Å². The van der Waals surface area contributed by atoms with E-state index < -0.39 is 21.9 Å². The summed E-state index contributed by atoms with van der Waals surface area (Å²) in [5, 5.41) is 0.348. The SMILES string of the molecule is Cc1ccc(N2C(=O)N(Cc3cccc(F)c3)c3ccccc3S2(=O)=O)cc1Cl. The summed E-state index contributed by atoms with van der Waals surface area (Å²) in [7, 11) is -4.14. The Kier molecular flexibility index (Phi) is 4.80. The Labute approximate surface area is 173 Å². The summed E-state index contributed by atoms with van der Waals surface area (Å²) in [5.74, 6) is -0.435. The Bertz CT molecular complexity index is 1230. The number of hydrogen-bond acceptors (Lipinski definition) is 3. The van der Waals surface area contributed by atoms with Gasteiger partial charge in [-0.15, -0.1) is 0 Å². The van der Waals surface area contributed by atoms with Crippen LogP contribution in [-0.2, 0) is 16.6 Å². The number of anilines is 2. The molecule has 4 rings (SSSR count). The number of hydrogen-bond donors (Lipinski definition) is 0. The van der Waals surface area contributed by atoms with Gasteiger partial charge in [-0.1, -0.05) is 41.9 Å². The second-order valence-electron chi connectivity index (χ2n) is 6.67. The molecule has 0 unspecified atom stereocenters. The van der Waals surface area contributed by atoms with Crippen LogP contribution in [0.1, 0.15) is 11.1 Å². The van der Waals surface area contributed by atoms with E-state index in [4.69, 9.17) is 11.6 Å². The number of para-hydroxylation sites is 1. The third kappa shape index (κ3) is 3.36. The Morgan fingerprint density at radius 3 is 2.48 bits per heavy atom.